The number of aliphatic carboxylic acids is 1. The van der Waals surface area contributed by atoms with E-state index in [-0.39, 0.29) is 12.2 Å². The van der Waals surface area contributed by atoms with Gasteiger partial charge in [-0.15, -0.1) is 0 Å². The fourth-order valence-electron chi connectivity index (χ4n) is 3.50. The number of amides is 1. The van der Waals surface area contributed by atoms with Crippen molar-refractivity contribution in [2.24, 2.45) is 0 Å². The number of ether oxygens (including phenoxy) is 1. The Balaban J connectivity index is 1.47. The van der Waals surface area contributed by atoms with Gasteiger partial charge in [0.1, 0.15) is 17.4 Å². The van der Waals surface area contributed by atoms with Crippen molar-refractivity contribution in [3.63, 3.8) is 0 Å². The van der Waals surface area contributed by atoms with Crippen molar-refractivity contribution in [3.05, 3.63) is 89.7 Å². The smallest absolute Gasteiger partial charge is 0.326 e. The molecule has 0 fully saturated rings. The number of hydrogen-bond donors (Lipinski definition) is 2. The van der Waals surface area contributed by atoms with E-state index in [1.807, 2.05) is 36.4 Å². The molecule has 0 saturated carbocycles. The quantitative estimate of drug-likeness (QED) is 0.440. The number of carboxylic acids is 1. The first-order valence-electron chi connectivity index (χ1n) is 10.2. The van der Waals surface area contributed by atoms with Crippen LogP contribution in [0.1, 0.15) is 21.7 Å². The largest absolute Gasteiger partial charge is 0.497 e. The predicted octanol–water partition coefficient (Wildman–Crippen LogP) is 4.41. The number of carbonyl (C=O) groups is 2. The molecule has 1 unspecified atom stereocenters. The summed E-state index contributed by atoms with van der Waals surface area (Å²) in [4.78, 5) is 24.4. The lowest BCUT2D eigenvalue weighted by Crippen LogP contribution is -2.42. The number of fused-ring (bicyclic) bond motifs is 1. The molecule has 0 bridgehead atoms. The van der Waals surface area contributed by atoms with E-state index in [0.717, 1.165) is 16.7 Å². The van der Waals surface area contributed by atoms with E-state index in [9.17, 15) is 14.7 Å². The van der Waals surface area contributed by atoms with E-state index in [0.29, 0.717) is 22.3 Å². The highest BCUT2D eigenvalue weighted by Gasteiger charge is 2.23. The summed E-state index contributed by atoms with van der Waals surface area (Å²) in [5.74, 6) is -1.09. The van der Waals surface area contributed by atoms with Crippen molar-refractivity contribution in [2.75, 3.05) is 7.11 Å². The van der Waals surface area contributed by atoms with Crippen LogP contribution in [0.25, 0.3) is 22.1 Å². The first-order chi connectivity index (χ1) is 16.0. The molecular formula is C26H20N2O5. The monoisotopic (exact) mass is 440 g/mol. The van der Waals surface area contributed by atoms with Crippen LogP contribution in [0.4, 0.5) is 0 Å². The zero-order valence-corrected chi connectivity index (χ0v) is 17.7. The highest BCUT2D eigenvalue weighted by atomic mass is 16.5. The van der Waals surface area contributed by atoms with E-state index in [4.69, 9.17) is 14.4 Å². The maximum atomic E-state index is 12.6. The number of furan rings is 1. The van der Waals surface area contributed by atoms with Crippen molar-refractivity contribution in [3.8, 4) is 22.9 Å². The maximum Gasteiger partial charge on any atom is 0.326 e. The first kappa shape index (κ1) is 21.7. The summed E-state index contributed by atoms with van der Waals surface area (Å²) in [5, 5.41) is 21.8. The van der Waals surface area contributed by atoms with E-state index in [1.54, 1.807) is 43.5 Å². The van der Waals surface area contributed by atoms with Gasteiger partial charge in [-0.25, -0.2) is 4.79 Å². The summed E-state index contributed by atoms with van der Waals surface area (Å²) >= 11 is 0. The zero-order chi connectivity index (χ0) is 23.4. The van der Waals surface area contributed by atoms with Gasteiger partial charge in [0.05, 0.1) is 18.7 Å². The Bertz CT molecular complexity index is 1350. The van der Waals surface area contributed by atoms with Gasteiger partial charge < -0.3 is 19.6 Å². The van der Waals surface area contributed by atoms with Crippen molar-refractivity contribution in [1.82, 2.24) is 5.32 Å². The van der Waals surface area contributed by atoms with Crippen molar-refractivity contribution in [2.45, 2.75) is 12.5 Å². The van der Waals surface area contributed by atoms with Crippen LogP contribution in [0.5, 0.6) is 5.75 Å². The minimum atomic E-state index is -1.14. The van der Waals surface area contributed by atoms with Gasteiger partial charge in [-0.2, -0.15) is 5.26 Å². The second kappa shape index (κ2) is 9.28. The van der Waals surface area contributed by atoms with Gasteiger partial charge in [-0.1, -0.05) is 36.4 Å². The molecule has 2 N–H and O–H groups in total. The molecule has 1 aromatic heterocycles. The molecule has 164 valence electrons. The molecule has 0 aliphatic carbocycles. The number of methoxy groups -OCH3 is 1. The SMILES string of the molecule is COc1ccc2oc(C(=O)NC(Cc3ccc(-c4ccc(C#N)cc4)cc3)C(=O)O)cc2c1. The average Bonchev–Trinajstić information content (AvgIpc) is 3.27. The number of carbonyl (C=O) groups excluding carboxylic acids is 1. The number of hydrogen-bond acceptors (Lipinski definition) is 5. The zero-order valence-electron chi connectivity index (χ0n) is 17.7. The molecule has 0 saturated heterocycles. The van der Waals surface area contributed by atoms with Gasteiger partial charge in [0.15, 0.2) is 5.76 Å². The van der Waals surface area contributed by atoms with Gasteiger partial charge in [-0.05, 0) is 53.1 Å². The Kier molecular flexibility index (Phi) is 6.09. The number of nitrogens with zero attached hydrogens (tertiary/aromatic N) is 1. The summed E-state index contributed by atoms with van der Waals surface area (Å²) in [6.45, 7) is 0. The van der Waals surface area contributed by atoms with Crippen molar-refractivity contribution < 1.29 is 23.8 Å². The Morgan fingerprint density at radius 3 is 2.30 bits per heavy atom. The number of rotatable bonds is 7. The Labute approximate surface area is 189 Å². The molecule has 0 radical (unpaired) electrons. The molecule has 7 heteroatoms. The average molecular weight is 440 g/mol. The third-order valence-electron chi connectivity index (χ3n) is 5.29. The minimum absolute atomic E-state index is 0.0284. The molecule has 1 heterocycles. The molecule has 0 aliphatic rings. The lowest BCUT2D eigenvalue weighted by molar-refractivity contribution is -0.139. The van der Waals surface area contributed by atoms with Crippen LogP contribution < -0.4 is 10.1 Å². The van der Waals surface area contributed by atoms with Crippen molar-refractivity contribution in [1.29, 1.82) is 5.26 Å². The van der Waals surface area contributed by atoms with E-state index in [1.165, 1.54) is 0 Å². The molecule has 0 spiro atoms. The Hall–Kier alpha value is -4.57. The number of nitrogens with one attached hydrogen (secondary N) is 1. The van der Waals surface area contributed by atoms with Crippen LogP contribution in [0.15, 0.2) is 77.2 Å². The van der Waals surface area contributed by atoms with Crippen LogP contribution in [0.2, 0.25) is 0 Å². The van der Waals surface area contributed by atoms with Gasteiger partial charge in [-0.3, -0.25) is 4.79 Å². The third kappa shape index (κ3) is 4.86. The first-order valence-corrected chi connectivity index (χ1v) is 10.2. The van der Waals surface area contributed by atoms with Crippen LogP contribution in [0.3, 0.4) is 0 Å². The summed E-state index contributed by atoms with van der Waals surface area (Å²) in [7, 11) is 1.54. The number of benzene rings is 3. The molecule has 1 atom stereocenters. The second-order valence-electron chi connectivity index (χ2n) is 7.47. The molecular weight excluding hydrogens is 420 g/mol. The fourth-order valence-corrected chi connectivity index (χ4v) is 3.50. The van der Waals surface area contributed by atoms with E-state index >= 15 is 0 Å². The van der Waals surface area contributed by atoms with Gasteiger partial charge >= 0.3 is 5.97 Å². The van der Waals surface area contributed by atoms with E-state index < -0.39 is 17.9 Å². The topological polar surface area (TPSA) is 113 Å². The van der Waals surface area contributed by atoms with Gasteiger partial charge in [0.25, 0.3) is 5.91 Å². The van der Waals surface area contributed by atoms with Crippen molar-refractivity contribution >= 4 is 22.8 Å². The molecule has 3 aromatic carbocycles. The lowest BCUT2D eigenvalue weighted by atomic mass is 10.00. The van der Waals surface area contributed by atoms with Crippen LogP contribution >= 0.6 is 0 Å². The standard InChI is InChI=1S/C26H20N2O5/c1-32-21-10-11-23-20(13-21)14-24(33-23)25(29)28-22(26(30)31)12-16-2-6-18(7-3-16)19-8-4-17(15-27)5-9-19/h2-11,13-14,22H,12H2,1H3,(H,28,29)(H,30,31). The molecule has 4 rings (SSSR count). The number of carboxylic acid groups (broad SMARTS) is 1. The summed E-state index contributed by atoms with van der Waals surface area (Å²) in [5.41, 5.74) is 3.74. The highest BCUT2D eigenvalue weighted by Crippen LogP contribution is 2.24. The third-order valence-corrected chi connectivity index (χ3v) is 5.29. The molecule has 1 amide bonds. The number of nitriles is 1. The van der Waals surface area contributed by atoms with Gasteiger partial charge in [0.2, 0.25) is 0 Å². The molecule has 7 nitrogen and oxygen atoms in total. The predicted molar refractivity (Wildman–Crippen MR) is 122 cm³/mol. The molecule has 33 heavy (non-hydrogen) atoms. The summed E-state index contributed by atoms with van der Waals surface area (Å²) < 4.78 is 10.7. The second-order valence-corrected chi connectivity index (χ2v) is 7.47. The molecule has 0 aliphatic heterocycles. The molecule has 4 aromatic rings. The lowest BCUT2D eigenvalue weighted by Gasteiger charge is -2.14. The van der Waals surface area contributed by atoms with Crippen LogP contribution in [-0.4, -0.2) is 30.1 Å². The van der Waals surface area contributed by atoms with Gasteiger partial charge in [0, 0.05) is 11.8 Å². The highest BCUT2D eigenvalue weighted by molar-refractivity contribution is 5.98. The minimum Gasteiger partial charge on any atom is -0.497 e. The Morgan fingerprint density at radius 2 is 1.70 bits per heavy atom. The summed E-state index contributed by atoms with van der Waals surface area (Å²) in [6, 6.07) is 22.3. The normalized spacial score (nSPS) is 11.5. The fraction of sp³-hybridized carbons (Fsp3) is 0.115. The summed E-state index contributed by atoms with van der Waals surface area (Å²) in [6.07, 6.45) is 0.114. The van der Waals surface area contributed by atoms with Crippen LogP contribution in [0, 0.1) is 11.3 Å². The van der Waals surface area contributed by atoms with E-state index in [2.05, 4.69) is 11.4 Å². The Morgan fingerprint density at radius 1 is 1.03 bits per heavy atom. The van der Waals surface area contributed by atoms with Crippen LogP contribution in [-0.2, 0) is 11.2 Å². The maximum absolute atomic E-state index is 12.6.